The molecule has 18 heavy (non-hydrogen) atoms. The fraction of sp³-hybridized carbons (Fsp3) is 0.0667. The van der Waals surface area contributed by atoms with Gasteiger partial charge in [-0.15, -0.1) is 0 Å². The first-order valence-electron chi connectivity index (χ1n) is 5.79. The molecule has 0 spiro atoms. The summed E-state index contributed by atoms with van der Waals surface area (Å²) in [5.74, 6) is 0.0325. The van der Waals surface area contributed by atoms with Crippen molar-refractivity contribution in [3.63, 3.8) is 0 Å². The van der Waals surface area contributed by atoms with Gasteiger partial charge in [-0.25, -0.2) is 0 Å². The second-order valence-corrected chi connectivity index (χ2v) is 4.22. The van der Waals surface area contributed by atoms with E-state index in [1.54, 1.807) is 19.3 Å². The highest BCUT2D eigenvalue weighted by atomic mass is 16.1. The van der Waals surface area contributed by atoms with Crippen LogP contribution in [0, 0.1) is 0 Å². The molecule has 0 radical (unpaired) electrons. The molecular weight excluding hydrogens is 224 g/mol. The number of para-hydroxylation sites is 1. The van der Waals surface area contributed by atoms with Gasteiger partial charge in [0.05, 0.1) is 5.69 Å². The van der Waals surface area contributed by atoms with E-state index in [4.69, 9.17) is 0 Å². The number of benzene rings is 1. The Hall–Kier alpha value is -2.42. The van der Waals surface area contributed by atoms with Crippen molar-refractivity contribution in [2.24, 2.45) is 0 Å². The summed E-state index contributed by atoms with van der Waals surface area (Å²) < 4.78 is 0. The Morgan fingerprint density at radius 3 is 2.72 bits per heavy atom. The highest BCUT2D eigenvalue weighted by molar-refractivity contribution is 6.09. The number of ketones is 1. The first kappa shape index (κ1) is 10.7. The van der Waals surface area contributed by atoms with Gasteiger partial charge in [-0.1, -0.05) is 24.3 Å². The fourth-order valence-electron chi connectivity index (χ4n) is 2.22. The van der Waals surface area contributed by atoms with Gasteiger partial charge in [0.15, 0.2) is 5.78 Å². The van der Waals surface area contributed by atoms with Gasteiger partial charge in [0.25, 0.3) is 0 Å². The first-order valence-corrected chi connectivity index (χ1v) is 5.79. The third-order valence-corrected chi connectivity index (χ3v) is 3.01. The summed E-state index contributed by atoms with van der Waals surface area (Å²) >= 11 is 0. The second kappa shape index (κ2) is 4.11. The average Bonchev–Trinajstić information content (AvgIpc) is 2.79. The fourth-order valence-corrected chi connectivity index (χ4v) is 2.22. The third-order valence-electron chi connectivity index (χ3n) is 3.01. The van der Waals surface area contributed by atoms with Gasteiger partial charge in [-0.2, -0.15) is 0 Å². The van der Waals surface area contributed by atoms with E-state index in [1.807, 2.05) is 36.4 Å². The average molecular weight is 236 g/mol. The number of nitrogens with one attached hydrogen (secondary N) is 1. The Bertz CT molecular complexity index is 714. The minimum absolute atomic E-state index is 0.0325. The SMILES string of the molecule is CC(=O)c1[nH]c2ccccc2c1-c1cccnc1. The Morgan fingerprint density at radius 2 is 2.00 bits per heavy atom. The molecule has 0 atom stereocenters. The molecule has 0 aliphatic carbocycles. The topological polar surface area (TPSA) is 45.8 Å². The monoisotopic (exact) mass is 236 g/mol. The maximum absolute atomic E-state index is 11.8. The molecule has 2 heterocycles. The summed E-state index contributed by atoms with van der Waals surface area (Å²) in [4.78, 5) is 19.1. The third kappa shape index (κ3) is 1.61. The van der Waals surface area contributed by atoms with Crippen LogP contribution in [-0.4, -0.2) is 15.8 Å². The lowest BCUT2D eigenvalue weighted by atomic mass is 10.0. The largest absolute Gasteiger partial charge is 0.352 e. The number of hydrogen-bond donors (Lipinski definition) is 1. The number of aromatic amines is 1. The van der Waals surface area contributed by atoms with E-state index >= 15 is 0 Å². The van der Waals surface area contributed by atoms with E-state index in [0.29, 0.717) is 5.69 Å². The molecule has 0 unspecified atom stereocenters. The van der Waals surface area contributed by atoms with Crippen molar-refractivity contribution in [2.75, 3.05) is 0 Å². The van der Waals surface area contributed by atoms with Crippen LogP contribution in [0.25, 0.3) is 22.0 Å². The predicted molar refractivity (Wildman–Crippen MR) is 71.5 cm³/mol. The Balaban J connectivity index is 2.38. The van der Waals surface area contributed by atoms with Crippen molar-refractivity contribution in [1.29, 1.82) is 0 Å². The first-order chi connectivity index (χ1) is 8.77. The number of aromatic nitrogens is 2. The normalized spacial score (nSPS) is 10.7. The van der Waals surface area contributed by atoms with Crippen LogP contribution in [0.15, 0.2) is 48.8 Å². The number of hydrogen-bond acceptors (Lipinski definition) is 2. The van der Waals surface area contributed by atoms with E-state index in [9.17, 15) is 4.79 Å². The molecule has 0 aliphatic heterocycles. The molecule has 0 saturated carbocycles. The maximum Gasteiger partial charge on any atom is 0.176 e. The molecule has 0 bridgehead atoms. The van der Waals surface area contributed by atoms with Crippen molar-refractivity contribution in [1.82, 2.24) is 9.97 Å². The molecule has 1 aromatic carbocycles. The van der Waals surface area contributed by atoms with Crippen LogP contribution in [0.1, 0.15) is 17.4 Å². The van der Waals surface area contributed by atoms with Crippen LogP contribution in [0.5, 0.6) is 0 Å². The Kier molecular flexibility index (Phi) is 2.45. The second-order valence-electron chi connectivity index (χ2n) is 4.22. The number of H-pyrrole nitrogens is 1. The predicted octanol–water partition coefficient (Wildman–Crippen LogP) is 3.43. The number of pyridine rings is 1. The number of nitrogens with zero attached hydrogens (tertiary/aromatic N) is 1. The van der Waals surface area contributed by atoms with Gasteiger partial charge in [0, 0.05) is 41.3 Å². The highest BCUT2D eigenvalue weighted by Crippen LogP contribution is 2.32. The molecule has 3 nitrogen and oxygen atoms in total. The van der Waals surface area contributed by atoms with Crippen LogP contribution in [-0.2, 0) is 0 Å². The van der Waals surface area contributed by atoms with Crippen LogP contribution >= 0.6 is 0 Å². The van der Waals surface area contributed by atoms with Gasteiger partial charge >= 0.3 is 0 Å². The van der Waals surface area contributed by atoms with Gasteiger partial charge in [-0.3, -0.25) is 9.78 Å². The van der Waals surface area contributed by atoms with Crippen LogP contribution in [0.3, 0.4) is 0 Å². The summed E-state index contributed by atoms with van der Waals surface area (Å²) in [7, 11) is 0. The van der Waals surface area contributed by atoms with E-state index in [0.717, 1.165) is 22.0 Å². The van der Waals surface area contributed by atoms with Crippen LogP contribution in [0.2, 0.25) is 0 Å². The van der Waals surface area contributed by atoms with Crippen molar-refractivity contribution < 1.29 is 4.79 Å². The molecular formula is C15H12N2O. The van der Waals surface area contributed by atoms with Crippen molar-refractivity contribution in [3.8, 4) is 11.1 Å². The Labute approximate surface area is 104 Å². The molecule has 0 aliphatic rings. The smallest absolute Gasteiger partial charge is 0.176 e. The van der Waals surface area contributed by atoms with E-state index in [1.165, 1.54) is 0 Å². The molecule has 1 N–H and O–H groups in total. The number of carbonyl (C=O) groups is 1. The van der Waals surface area contributed by atoms with Gasteiger partial charge in [0.1, 0.15) is 0 Å². The van der Waals surface area contributed by atoms with Crippen LogP contribution < -0.4 is 0 Å². The summed E-state index contributed by atoms with van der Waals surface area (Å²) in [5, 5.41) is 1.05. The number of carbonyl (C=O) groups excluding carboxylic acids is 1. The number of rotatable bonds is 2. The molecule has 2 aromatic heterocycles. The van der Waals surface area contributed by atoms with E-state index in [-0.39, 0.29) is 5.78 Å². The lowest BCUT2D eigenvalue weighted by Gasteiger charge is -2.01. The lowest BCUT2D eigenvalue weighted by Crippen LogP contribution is -1.95. The molecule has 3 heteroatoms. The number of Topliss-reactive ketones (excluding diaryl/α,β-unsaturated/α-hetero) is 1. The lowest BCUT2D eigenvalue weighted by molar-refractivity contribution is 0.101. The van der Waals surface area contributed by atoms with Crippen molar-refractivity contribution >= 4 is 16.7 Å². The standard InChI is InChI=1S/C15H12N2O/c1-10(18)15-14(11-5-4-8-16-9-11)12-6-2-3-7-13(12)17-15/h2-9,17H,1H3. The minimum atomic E-state index is 0.0325. The molecule has 0 amide bonds. The van der Waals surface area contributed by atoms with Gasteiger partial charge in [0.2, 0.25) is 0 Å². The molecule has 0 fully saturated rings. The maximum atomic E-state index is 11.8. The van der Waals surface area contributed by atoms with Crippen LogP contribution in [0.4, 0.5) is 0 Å². The summed E-state index contributed by atoms with van der Waals surface area (Å²) in [6.07, 6.45) is 3.51. The quantitative estimate of drug-likeness (QED) is 0.693. The van der Waals surface area contributed by atoms with Gasteiger partial charge < -0.3 is 4.98 Å². The van der Waals surface area contributed by atoms with E-state index < -0.39 is 0 Å². The molecule has 3 rings (SSSR count). The zero-order chi connectivity index (χ0) is 12.5. The summed E-state index contributed by atoms with van der Waals surface area (Å²) in [5.41, 5.74) is 3.51. The summed E-state index contributed by atoms with van der Waals surface area (Å²) in [6, 6.07) is 11.8. The Morgan fingerprint density at radius 1 is 1.17 bits per heavy atom. The van der Waals surface area contributed by atoms with Crippen molar-refractivity contribution in [2.45, 2.75) is 6.92 Å². The number of fused-ring (bicyclic) bond motifs is 1. The van der Waals surface area contributed by atoms with Gasteiger partial charge in [-0.05, 0) is 12.1 Å². The van der Waals surface area contributed by atoms with E-state index in [2.05, 4.69) is 9.97 Å². The molecule has 88 valence electrons. The minimum Gasteiger partial charge on any atom is -0.352 e. The van der Waals surface area contributed by atoms with Crippen molar-refractivity contribution in [3.05, 3.63) is 54.5 Å². The highest BCUT2D eigenvalue weighted by Gasteiger charge is 2.15. The molecule has 3 aromatic rings. The zero-order valence-corrected chi connectivity index (χ0v) is 9.97. The summed E-state index contributed by atoms with van der Waals surface area (Å²) in [6.45, 7) is 1.57. The zero-order valence-electron chi connectivity index (χ0n) is 9.97. The molecule has 0 saturated heterocycles.